The number of alkyl halides is 3. The van der Waals surface area contributed by atoms with Crippen LogP contribution in [0, 0.1) is 0 Å². The fourth-order valence-corrected chi connectivity index (χ4v) is 3.23. The summed E-state index contributed by atoms with van der Waals surface area (Å²) in [5.74, 6) is -0.296. The highest BCUT2D eigenvalue weighted by atomic mass is 32.2. The molecule has 0 saturated carbocycles. The number of aryl methyl sites for hydroxylation is 1. The van der Waals surface area contributed by atoms with Gasteiger partial charge in [0.2, 0.25) is 10.0 Å². The van der Waals surface area contributed by atoms with Gasteiger partial charge < -0.3 is 5.73 Å². The molecule has 0 spiro atoms. The molecular weight excluding hydrogens is 297 g/mol. The molecule has 0 unspecified atom stereocenters. The zero-order valence-corrected chi connectivity index (χ0v) is 12.0. The van der Waals surface area contributed by atoms with E-state index in [0.29, 0.717) is 10.8 Å². The van der Waals surface area contributed by atoms with Gasteiger partial charge in [-0.25, -0.2) is 8.42 Å². The number of sulfonamides is 1. The monoisotopic (exact) mass is 314 g/mol. The van der Waals surface area contributed by atoms with Gasteiger partial charge in [0.25, 0.3) is 0 Å². The van der Waals surface area contributed by atoms with Gasteiger partial charge in [-0.3, -0.25) is 4.68 Å². The van der Waals surface area contributed by atoms with E-state index < -0.39 is 27.6 Å². The molecule has 0 saturated heterocycles. The SMILES string of the molecule is CCCN(CC(F)(F)F)S(=O)(=O)c1cn(CC)nc1N. The van der Waals surface area contributed by atoms with Gasteiger partial charge in [0.05, 0.1) is 0 Å². The average Bonchev–Trinajstić information content (AvgIpc) is 2.69. The predicted molar refractivity (Wildman–Crippen MR) is 67.4 cm³/mol. The van der Waals surface area contributed by atoms with Crippen molar-refractivity contribution in [1.82, 2.24) is 14.1 Å². The molecular formula is C10H17F3N4O2S. The summed E-state index contributed by atoms with van der Waals surface area (Å²) in [4.78, 5) is -0.392. The molecule has 0 aliphatic heterocycles. The summed E-state index contributed by atoms with van der Waals surface area (Å²) in [6.45, 7) is 1.89. The average molecular weight is 314 g/mol. The van der Waals surface area contributed by atoms with E-state index in [9.17, 15) is 21.6 Å². The first kappa shape index (κ1) is 16.8. The number of nitrogen functional groups attached to an aromatic ring is 1. The fourth-order valence-electron chi connectivity index (χ4n) is 1.65. The van der Waals surface area contributed by atoms with Crippen molar-refractivity contribution in [2.45, 2.75) is 37.9 Å². The van der Waals surface area contributed by atoms with Gasteiger partial charge in [-0.2, -0.15) is 22.6 Å². The van der Waals surface area contributed by atoms with Gasteiger partial charge in [0.15, 0.2) is 5.82 Å². The number of hydrogen-bond donors (Lipinski definition) is 1. The lowest BCUT2D eigenvalue weighted by molar-refractivity contribution is -0.136. The molecule has 0 amide bonds. The minimum Gasteiger partial charge on any atom is -0.381 e. The topological polar surface area (TPSA) is 81.2 Å². The zero-order valence-electron chi connectivity index (χ0n) is 11.2. The van der Waals surface area contributed by atoms with Crippen LogP contribution in [0.3, 0.4) is 0 Å². The number of rotatable bonds is 6. The predicted octanol–water partition coefficient (Wildman–Crippen LogP) is 1.45. The minimum absolute atomic E-state index is 0.238. The standard InChI is InChI=1S/C10H17F3N4O2S/c1-3-5-17(7-10(11,12)13)20(18,19)8-6-16(4-2)15-9(8)14/h6H,3-5,7H2,1-2H3,(H2,14,15). The Balaban J connectivity index is 3.18. The van der Waals surface area contributed by atoms with Crippen LogP contribution in [0.1, 0.15) is 20.3 Å². The van der Waals surface area contributed by atoms with Gasteiger partial charge in [0, 0.05) is 19.3 Å². The highest BCUT2D eigenvalue weighted by Crippen LogP contribution is 2.25. The van der Waals surface area contributed by atoms with Crippen LogP contribution >= 0.6 is 0 Å². The van der Waals surface area contributed by atoms with Crippen LogP contribution < -0.4 is 5.73 Å². The van der Waals surface area contributed by atoms with E-state index in [1.165, 1.54) is 4.68 Å². The van der Waals surface area contributed by atoms with E-state index in [2.05, 4.69) is 5.10 Å². The van der Waals surface area contributed by atoms with E-state index in [-0.39, 0.29) is 18.8 Å². The summed E-state index contributed by atoms with van der Waals surface area (Å²) < 4.78 is 63.6. The van der Waals surface area contributed by atoms with E-state index in [0.717, 1.165) is 6.20 Å². The van der Waals surface area contributed by atoms with Gasteiger partial charge in [-0.15, -0.1) is 0 Å². The third kappa shape index (κ3) is 3.85. The molecule has 0 aliphatic carbocycles. The smallest absolute Gasteiger partial charge is 0.381 e. The summed E-state index contributed by atoms with van der Waals surface area (Å²) in [6.07, 6.45) is -3.21. The summed E-state index contributed by atoms with van der Waals surface area (Å²) in [5.41, 5.74) is 5.48. The Morgan fingerprint density at radius 3 is 2.40 bits per heavy atom. The molecule has 1 rings (SSSR count). The zero-order chi connectivity index (χ0) is 15.6. The second kappa shape index (κ2) is 6.00. The molecule has 116 valence electrons. The van der Waals surface area contributed by atoms with Crippen molar-refractivity contribution in [2.75, 3.05) is 18.8 Å². The number of anilines is 1. The van der Waals surface area contributed by atoms with Gasteiger partial charge in [-0.1, -0.05) is 6.92 Å². The molecule has 0 aliphatic rings. The molecule has 0 atom stereocenters. The Morgan fingerprint density at radius 2 is 2.00 bits per heavy atom. The fraction of sp³-hybridized carbons (Fsp3) is 0.700. The van der Waals surface area contributed by atoms with Crippen LogP contribution in [-0.4, -0.2) is 41.8 Å². The van der Waals surface area contributed by atoms with Crippen molar-refractivity contribution in [2.24, 2.45) is 0 Å². The van der Waals surface area contributed by atoms with Crippen LogP contribution in [0.5, 0.6) is 0 Å². The van der Waals surface area contributed by atoms with Crippen molar-refractivity contribution in [1.29, 1.82) is 0 Å². The quantitative estimate of drug-likeness (QED) is 0.861. The molecule has 20 heavy (non-hydrogen) atoms. The Morgan fingerprint density at radius 1 is 1.40 bits per heavy atom. The Labute approximate surface area is 115 Å². The van der Waals surface area contributed by atoms with Crippen LogP contribution in [0.25, 0.3) is 0 Å². The summed E-state index contributed by atoms with van der Waals surface area (Å²) in [5, 5.41) is 3.74. The first-order valence-electron chi connectivity index (χ1n) is 6.01. The van der Waals surface area contributed by atoms with Crippen molar-refractivity contribution < 1.29 is 21.6 Å². The first-order valence-corrected chi connectivity index (χ1v) is 7.45. The highest BCUT2D eigenvalue weighted by molar-refractivity contribution is 7.89. The van der Waals surface area contributed by atoms with Crippen LogP contribution in [-0.2, 0) is 16.6 Å². The second-order valence-electron chi connectivity index (χ2n) is 4.19. The minimum atomic E-state index is -4.61. The summed E-state index contributed by atoms with van der Waals surface area (Å²) in [7, 11) is -4.31. The number of hydrogen-bond acceptors (Lipinski definition) is 4. The summed E-state index contributed by atoms with van der Waals surface area (Å²) >= 11 is 0. The molecule has 0 aromatic carbocycles. The molecule has 6 nitrogen and oxygen atoms in total. The maximum atomic E-state index is 12.5. The molecule has 0 radical (unpaired) electrons. The second-order valence-corrected chi connectivity index (χ2v) is 6.09. The lowest BCUT2D eigenvalue weighted by Crippen LogP contribution is -2.39. The first-order chi connectivity index (χ1) is 9.11. The van der Waals surface area contributed by atoms with Gasteiger partial charge in [0.1, 0.15) is 11.4 Å². The molecule has 1 heterocycles. The Hall–Kier alpha value is -1.29. The number of halogens is 3. The number of nitrogens with two attached hydrogens (primary N) is 1. The lowest BCUT2D eigenvalue weighted by atomic mass is 10.5. The molecule has 2 N–H and O–H groups in total. The maximum Gasteiger partial charge on any atom is 0.402 e. The molecule has 10 heteroatoms. The van der Waals surface area contributed by atoms with Gasteiger partial charge >= 0.3 is 6.18 Å². The lowest BCUT2D eigenvalue weighted by Gasteiger charge is -2.22. The third-order valence-electron chi connectivity index (χ3n) is 2.53. The van der Waals surface area contributed by atoms with Crippen molar-refractivity contribution in [3.8, 4) is 0 Å². The Kier molecular flexibility index (Phi) is 5.03. The largest absolute Gasteiger partial charge is 0.402 e. The maximum absolute atomic E-state index is 12.5. The molecule has 0 fully saturated rings. The van der Waals surface area contributed by atoms with Gasteiger partial charge in [-0.05, 0) is 13.3 Å². The summed E-state index contributed by atoms with van der Waals surface area (Å²) in [6, 6.07) is 0. The van der Waals surface area contributed by atoms with E-state index in [4.69, 9.17) is 5.73 Å². The van der Waals surface area contributed by atoms with Crippen LogP contribution in [0.15, 0.2) is 11.1 Å². The van der Waals surface area contributed by atoms with E-state index in [1.54, 1.807) is 13.8 Å². The van der Waals surface area contributed by atoms with E-state index >= 15 is 0 Å². The van der Waals surface area contributed by atoms with Crippen LogP contribution in [0.4, 0.5) is 19.0 Å². The molecule has 0 bridgehead atoms. The van der Waals surface area contributed by atoms with Crippen molar-refractivity contribution >= 4 is 15.8 Å². The van der Waals surface area contributed by atoms with Crippen molar-refractivity contribution in [3.63, 3.8) is 0 Å². The normalized spacial score (nSPS) is 13.1. The molecule has 1 aromatic rings. The van der Waals surface area contributed by atoms with E-state index in [1.807, 2.05) is 0 Å². The number of nitrogens with zero attached hydrogens (tertiary/aromatic N) is 3. The third-order valence-corrected chi connectivity index (χ3v) is 4.39. The van der Waals surface area contributed by atoms with Crippen LogP contribution in [0.2, 0.25) is 0 Å². The van der Waals surface area contributed by atoms with Crippen molar-refractivity contribution in [3.05, 3.63) is 6.20 Å². The highest BCUT2D eigenvalue weighted by Gasteiger charge is 2.38. The Bertz CT molecular complexity index is 553. The molecule has 1 aromatic heterocycles. The number of aromatic nitrogens is 2.